The number of nitrogens with zero attached hydrogens (tertiary/aromatic N) is 2. The molecule has 0 aromatic carbocycles. The van der Waals surface area contributed by atoms with Gasteiger partial charge in [0.1, 0.15) is 5.56 Å². The Morgan fingerprint density at radius 3 is 2.57 bits per heavy atom. The van der Waals surface area contributed by atoms with Gasteiger partial charge in [0.05, 0.1) is 0 Å². The van der Waals surface area contributed by atoms with Gasteiger partial charge in [0.2, 0.25) is 0 Å². The molecule has 1 aromatic rings. The number of amides is 1. The molecule has 2 aliphatic heterocycles. The Morgan fingerprint density at radius 1 is 1.17 bits per heavy atom. The molecule has 2 fully saturated rings. The molecule has 2 bridgehead atoms. The zero-order chi connectivity index (χ0) is 16.7. The number of carbonyl (C=O) groups is 2. The first-order valence-electron chi connectivity index (χ1n) is 8.14. The highest BCUT2D eigenvalue weighted by Crippen LogP contribution is 2.28. The Bertz CT molecular complexity index is 710. The van der Waals surface area contributed by atoms with Crippen LogP contribution in [0.5, 0.6) is 0 Å². The number of pyridine rings is 1. The topological polar surface area (TPSA) is 73.5 Å². The highest BCUT2D eigenvalue weighted by atomic mass is 16.2. The second-order valence-electron chi connectivity index (χ2n) is 6.70. The number of aromatic amines is 1. The standard InChI is InChI=1S/C17H23N3O3/c1-10-14(11(2)21)8-15(16(22)18-10)17(23)20-7-6-12-4-5-13(9-20)19(12)3/h8,12-13H,4-7,9H2,1-3H3,(H,18,22)/t12-,13+/m0/s1. The number of H-pyrrole nitrogens is 1. The number of nitrogens with one attached hydrogen (secondary N) is 1. The van der Waals surface area contributed by atoms with Gasteiger partial charge in [0, 0.05) is 36.4 Å². The zero-order valence-electron chi connectivity index (χ0n) is 13.9. The molecule has 1 amide bonds. The second kappa shape index (κ2) is 5.92. The molecule has 6 heteroatoms. The van der Waals surface area contributed by atoms with Crippen molar-refractivity contribution >= 4 is 11.7 Å². The summed E-state index contributed by atoms with van der Waals surface area (Å²) in [5.41, 5.74) is 0.566. The van der Waals surface area contributed by atoms with Gasteiger partial charge < -0.3 is 9.88 Å². The summed E-state index contributed by atoms with van der Waals surface area (Å²) in [5.74, 6) is -0.419. The fourth-order valence-corrected chi connectivity index (χ4v) is 3.81. The van der Waals surface area contributed by atoms with Gasteiger partial charge in [-0.3, -0.25) is 19.3 Å². The molecule has 6 nitrogen and oxygen atoms in total. The summed E-state index contributed by atoms with van der Waals surface area (Å²) in [6, 6.07) is 2.34. The quantitative estimate of drug-likeness (QED) is 0.832. The van der Waals surface area contributed by atoms with Gasteiger partial charge in [-0.25, -0.2) is 0 Å². The maximum atomic E-state index is 12.8. The molecule has 23 heavy (non-hydrogen) atoms. The van der Waals surface area contributed by atoms with E-state index in [1.807, 2.05) is 0 Å². The average Bonchev–Trinajstić information content (AvgIpc) is 2.71. The summed E-state index contributed by atoms with van der Waals surface area (Å²) in [6.45, 7) is 4.42. The lowest BCUT2D eigenvalue weighted by Gasteiger charge is -2.25. The number of hydrogen-bond acceptors (Lipinski definition) is 4. The third-order valence-corrected chi connectivity index (χ3v) is 5.28. The van der Waals surface area contributed by atoms with Crippen LogP contribution in [0.1, 0.15) is 52.6 Å². The van der Waals surface area contributed by atoms with Crippen molar-refractivity contribution in [3.05, 3.63) is 33.2 Å². The molecule has 3 rings (SSSR count). The van der Waals surface area contributed by atoms with E-state index in [1.165, 1.54) is 19.4 Å². The number of likely N-dealkylation sites (tertiary alicyclic amines) is 1. The van der Waals surface area contributed by atoms with E-state index < -0.39 is 5.56 Å². The lowest BCUT2D eigenvalue weighted by molar-refractivity contribution is 0.0738. The van der Waals surface area contributed by atoms with Gasteiger partial charge in [-0.15, -0.1) is 0 Å². The van der Waals surface area contributed by atoms with Crippen LogP contribution in [0.4, 0.5) is 0 Å². The van der Waals surface area contributed by atoms with Crippen LogP contribution in [-0.4, -0.2) is 58.7 Å². The summed E-state index contributed by atoms with van der Waals surface area (Å²) >= 11 is 0. The first-order chi connectivity index (χ1) is 10.9. The minimum absolute atomic E-state index is 0.0706. The molecule has 2 aliphatic rings. The number of hydrogen-bond donors (Lipinski definition) is 1. The van der Waals surface area contributed by atoms with Gasteiger partial charge >= 0.3 is 0 Å². The maximum Gasteiger partial charge on any atom is 0.261 e. The number of aryl methyl sites for hydroxylation is 1. The van der Waals surface area contributed by atoms with Crippen LogP contribution in [0.3, 0.4) is 0 Å². The lowest BCUT2D eigenvalue weighted by atomic mass is 10.1. The summed E-state index contributed by atoms with van der Waals surface area (Å²) in [7, 11) is 2.11. The Labute approximate surface area is 135 Å². The van der Waals surface area contributed by atoms with Crippen LogP contribution < -0.4 is 5.56 Å². The van der Waals surface area contributed by atoms with Crippen molar-refractivity contribution in [2.75, 3.05) is 20.1 Å². The molecule has 124 valence electrons. The molecule has 1 aromatic heterocycles. The maximum absolute atomic E-state index is 12.8. The number of rotatable bonds is 2. The summed E-state index contributed by atoms with van der Waals surface area (Å²) in [6.07, 6.45) is 3.21. The van der Waals surface area contributed by atoms with E-state index in [2.05, 4.69) is 16.9 Å². The number of aromatic nitrogens is 1. The Balaban J connectivity index is 1.90. The molecule has 3 heterocycles. The van der Waals surface area contributed by atoms with Crippen LogP contribution in [0.15, 0.2) is 10.9 Å². The third kappa shape index (κ3) is 2.83. The molecule has 1 N–H and O–H groups in total. The van der Waals surface area contributed by atoms with Crippen molar-refractivity contribution in [3.63, 3.8) is 0 Å². The van der Waals surface area contributed by atoms with Crippen LogP contribution >= 0.6 is 0 Å². The van der Waals surface area contributed by atoms with Crippen molar-refractivity contribution in [1.82, 2.24) is 14.8 Å². The zero-order valence-corrected chi connectivity index (χ0v) is 13.9. The van der Waals surface area contributed by atoms with Crippen molar-refractivity contribution < 1.29 is 9.59 Å². The highest BCUT2D eigenvalue weighted by molar-refractivity contribution is 5.99. The summed E-state index contributed by atoms with van der Waals surface area (Å²) in [5, 5.41) is 0. The molecule has 2 atom stereocenters. The van der Waals surface area contributed by atoms with E-state index in [4.69, 9.17) is 0 Å². The van der Waals surface area contributed by atoms with Crippen LogP contribution in [0, 0.1) is 6.92 Å². The van der Waals surface area contributed by atoms with Gasteiger partial charge in [-0.05, 0) is 46.2 Å². The fraction of sp³-hybridized carbons (Fsp3) is 0.588. The van der Waals surface area contributed by atoms with Crippen LogP contribution in [0.2, 0.25) is 0 Å². The van der Waals surface area contributed by atoms with E-state index >= 15 is 0 Å². The molecule has 0 radical (unpaired) electrons. The number of fused-ring (bicyclic) bond motifs is 2. The predicted molar refractivity (Wildman–Crippen MR) is 86.9 cm³/mol. The van der Waals surface area contributed by atoms with Crippen molar-refractivity contribution in [2.45, 2.75) is 45.2 Å². The van der Waals surface area contributed by atoms with Crippen LogP contribution in [0.25, 0.3) is 0 Å². The lowest BCUT2D eigenvalue weighted by Crippen LogP contribution is -2.41. The monoisotopic (exact) mass is 317 g/mol. The third-order valence-electron chi connectivity index (χ3n) is 5.28. The smallest absolute Gasteiger partial charge is 0.261 e. The number of likely N-dealkylation sites (N-methyl/N-ethyl adjacent to an activating group) is 1. The Kier molecular flexibility index (Phi) is 4.10. The highest BCUT2D eigenvalue weighted by Gasteiger charge is 2.36. The van der Waals surface area contributed by atoms with Gasteiger partial charge in [0.15, 0.2) is 5.78 Å². The number of Topliss-reactive ketones (excluding diaryl/α,β-unsaturated/α-hetero) is 1. The van der Waals surface area contributed by atoms with Crippen molar-refractivity contribution in [2.24, 2.45) is 0 Å². The molecular weight excluding hydrogens is 294 g/mol. The van der Waals surface area contributed by atoms with E-state index in [0.717, 1.165) is 12.8 Å². The normalized spacial score (nSPS) is 24.6. The fourth-order valence-electron chi connectivity index (χ4n) is 3.81. The molecule has 0 spiro atoms. The summed E-state index contributed by atoms with van der Waals surface area (Å²) in [4.78, 5) is 43.4. The molecule has 0 aliphatic carbocycles. The van der Waals surface area contributed by atoms with Gasteiger partial charge in [-0.1, -0.05) is 0 Å². The Hall–Kier alpha value is -1.95. The van der Waals surface area contributed by atoms with Crippen LogP contribution in [-0.2, 0) is 0 Å². The first-order valence-corrected chi connectivity index (χ1v) is 8.14. The number of ketones is 1. The molecular formula is C17H23N3O3. The minimum Gasteiger partial charge on any atom is -0.337 e. The minimum atomic E-state index is -0.416. The SMILES string of the molecule is CC(=O)c1cc(C(=O)N2CC[C@@H]3CC[C@H](C2)N3C)c(=O)[nH]c1C. The first kappa shape index (κ1) is 15.9. The van der Waals surface area contributed by atoms with Gasteiger partial charge in [0.25, 0.3) is 11.5 Å². The van der Waals surface area contributed by atoms with Crippen molar-refractivity contribution in [3.8, 4) is 0 Å². The van der Waals surface area contributed by atoms with Crippen molar-refractivity contribution in [1.29, 1.82) is 0 Å². The molecule has 2 saturated heterocycles. The largest absolute Gasteiger partial charge is 0.337 e. The Morgan fingerprint density at radius 2 is 1.87 bits per heavy atom. The van der Waals surface area contributed by atoms with Gasteiger partial charge in [-0.2, -0.15) is 0 Å². The van der Waals surface area contributed by atoms with E-state index in [-0.39, 0.29) is 17.3 Å². The van der Waals surface area contributed by atoms with E-state index in [0.29, 0.717) is 36.4 Å². The summed E-state index contributed by atoms with van der Waals surface area (Å²) < 4.78 is 0. The molecule has 0 unspecified atom stereocenters. The van der Waals surface area contributed by atoms with E-state index in [9.17, 15) is 14.4 Å². The number of carbonyl (C=O) groups excluding carboxylic acids is 2. The second-order valence-corrected chi connectivity index (χ2v) is 6.70. The average molecular weight is 317 g/mol. The van der Waals surface area contributed by atoms with E-state index in [1.54, 1.807) is 11.8 Å². The predicted octanol–water partition coefficient (Wildman–Crippen LogP) is 1.19. The molecule has 0 saturated carbocycles.